The minimum atomic E-state index is -2.49. The molecule has 1 rings (SSSR count). The molecule has 0 bridgehead atoms. The van der Waals surface area contributed by atoms with Crippen LogP contribution in [0.5, 0.6) is 0 Å². The van der Waals surface area contributed by atoms with Gasteiger partial charge in [0.2, 0.25) is 0 Å². The zero-order valence-electron chi connectivity index (χ0n) is 6.65. The van der Waals surface area contributed by atoms with E-state index in [2.05, 4.69) is 21.4 Å². The fourth-order valence-corrected chi connectivity index (χ4v) is 1.08. The zero-order valence-corrected chi connectivity index (χ0v) is 7.92. The molecule has 1 aromatic heterocycles. The van der Waals surface area contributed by atoms with Crippen LogP contribution in [-0.4, -0.2) is 21.4 Å². The molecule has 0 radical (unpaired) electrons. The third-order valence-corrected chi connectivity index (χ3v) is 1.52. The first kappa shape index (κ1) is 12.1. The second-order valence-corrected chi connectivity index (χ2v) is 2.65. The molecule has 1 heterocycles. The number of halogens is 2. The van der Waals surface area contributed by atoms with Gasteiger partial charge < -0.3 is 5.11 Å². The molecule has 0 aliphatic heterocycles. The van der Waals surface area contributed by atoms with Crippen molar-refractivity contribution in [2.24, 2.45) is 7.05 Å². The molecular weight excluding hydrogens is 222 g/mol. The van der Waals surface area contributed by atoms with Gasteiger partial charge >= 0.3 is 64.6 Å². The van der Waals surface area contributed by atoms with Gasteiger partial charge in [0.1, 0.15) is 0 Å². The fourth-order valence-electron chi connectivity index (χ4n) is 0.635. The van der Waals surface area contributed by atoms with Crippen LogP contribution in [0, 0.1) is 0 Å². The second kappa shape index (κ2) is 5.67. The Morgan fingerprint density at radius 3 is 2.38 bits per heavy atom. The summed E-state index contributed by atoms with van der Waals surface area (Å²) in [6.07, 6.45) is -0.973. The van der Waals surface area contributed by atoms with Crippen molar-refractivity contribution < 1.29 is 35.0 Å². The van der Waals surface area contributed by atoms with Crippen LogP contribution in [0.15, 0.2) is 6.20 Å². The molecule has 7 heteroatoms. The molecule has 0 atom stereocenters. The maximum atomic E-state index is 11.9. The van der Waals surface area contributed by atoms with Crippen LogP contribution in [-0.2, 0) is 28.1 Å². The van der Waals surface area contributed by atoms with Crippen molar-refractivity contribution >= 4 is 10.9 Å². The van der Waals surface area contributed by atoms with Gasteiger partial charge in [0.25, 0.3) is 6.47 Å². The number of nitrogens with zero attached hydrogens (tertiary/aromatic N) is 2. The average Bonchev–Trinajstić information content (AvgIpc) is 2.31. The van der Waals surface area contributed by atoms with Crippen molar-refractivity contribution in [2.45, 2.75) is 6.43 Å². The SMILES string of the molecule is Cn1c[c]([Cr])c(C(F)F)n1.O=CO. The van der Waals surface area contributed by atoms with Crippen LogP contribution in [0.25, 0.3) is 0 Å². The molecule has 0 unspecified atom stereocenters. The summed E-state index contributed by atoms with van der Waals surface area (Å²) in [7, 11) is 1.60. The van der Waals surface area contributed by atoms with Crippen molar-refractivity contribution in [3.63, 3.8) is 0 Å². The number of aromatic nitrogens is 2. The summed E-state index contributed by atoms with van der Waals surface area (Å²) >= 11 is 2.51. The minimum absolute atomic E-state index is 0.178. The number of hydrogen-bond donors (Lipinski definition) is 1. The predicted octanol–water partition coefficient (Wildman–Crippen LogP) is 0.231. The molecular formula is C6H7CrF2N2O2. The zero-order chi connectivity index (χ0) is 10.4. The van der Waals surface area contributed by atoms with Gasteiger partial charge in [0, 0.05) is 0 Å². The third kappa shape index (κ3) is 4.01. The van der Waals surface area contributed by atoms with Crippen molar-refractivity contribution in [1.29, 1.82) is 0 Å². The quantitative estimate of drug-likeness (QED) is 0.701. The van der Waals surface area contributed by atoms with Gasteiger partial charge in [-0.25, -0.2) is 0 Å². The normalized spacial score (nSPS) is 9.23. The number of carboxylic acid groups (broad SMARTS) is 1. The van der Waals surface area contributed by atoms with Crippen LogP contribution in [0.2, 0.25) is 0 Å². The molecule has 0 aliphatic carbocycles. The monoisotopic (exact) mass is 229 g/mol. The first-order valence-corrected chi connectivity index (χ1v) is 3.73. The third-order valence-electron chi connectivity index (χ3n) is 1.03. The van der Waals surface area contributed by atoms with Gasteiger partial charge in [-0.3, -0.25) is 4.79 Å². The molecule has 0 saturated heterocycles. The van der Waals surface area contributed by atoms with Gasteiger partial charge in [-0.05, 0) is 0 Å². The summed E-state index contributed by atoms with van der Waals surface area (Å²) in [5, 5.41) is 10.4. The molecule has 1 N–H and O–H groups in total. The summed E-state index contributed by atoms with van der Waals surface area (Å²) in [4.78, 5) is 8.36. The summed E-state index contributed by atoms with van der Waals surface area (Å²) < 4.78 is 25.7. The molecule has 0 aliphatic rings. The molecule has 4 nitrogen and oxygen atoms in total. The van der Waals surface area contributed by atoms with Gasteiger partial charge in [0.15, 0.2) is 0 Å². The Balaban J connectivity index is 0.000000424. The summed E-state index contributed by atoms with van der Waals surface area (Å²) in [6.45, 7) is -0.250. The number of carbonyl (C=O) groups is 1. The van der Waals surface area contributed by atoms with E-state index in [9.17, 15) is 8.78 Å². The summed E-state index contributed by atoms with van der Waals surface area (Å²) in [5.74, 6) is 0. The number of rotatable bonds is 1. The van der Waals surface area contributed by atoms with Crippen LogP contribution in [0.3, 0.4) is 0 Å². The number of aryl methyl sites for hydroxylation is 1. The van der Waals surface area contributed by atoms with E-state index in [1.807, 2.05) is 0 Å². The Labute approximate surface area is 81.6 Å². The minimum Gasteiger partial charge on any atom is -0.483 e. The second-order valence-electron chi connectivity index (χ2n) is 1.96. The molecule has 73 valence electrons. The molecule has 0 spiro atoms. The fraction of sp³-hybridized carbons (Fsp3) is 0.333. The van der Waals surface area contributed by atoms with Gasteiger partial charge in [-0.1, -0.05) is 0 Å². The maximum Gasteiger partial charge on any atom is 0.290 e. The Hall–Kier alpha value is -0.928. The van der Waals surface area contributed by atoms with E-state index in [-0.39, 0.29) is 12.2 Å². The van der Waals surface area contributed by atoms with Gasteiger partial charge in [-0.2, -0.15) is 0 Å². The topological polar surface area (TPSA) is 55.1 Å². The van der Waals surface area contributed by atoms with Crippen molar-refractivity contribution in [1.82, 2.24) is 9.78 Å². The Morgan fingerprint density at radius 2 is 2.23 bits per heavy atom. The van der Waals surface area contributed by atoms with Crippen molar-refractivity contribution in [2.75, 3.05) is 0 Å². The van der Waals surface area contributed by atoms with E-state index < -0.39 is 6.43 Å². The van der Waals surface area contributed by atoms with E-state index in [0.717, 1.165) is 0 Å². The van der Waals surface area contributed by atoms with E-state index in [1.54, 1.807) is 7.05 Å². The Morgan fingerprint density at radius 1 is 1.77 bits per heavy atom. The molecule has 1 aromatic rings. The smallest absolute Gasteiger partial charge is 0.290 e. The van der Waals surface area contributed by atoms with E-state index in [0.29, 0.717) is 4.43 Å². The van der Waals surface area contributed by atoms with Crippen molar-refractivity contribution in [3.05, 3.63) is 11.9 Å². The van der Waals surface area contributed by atoms with Crippen LogP contribution in [0.4, 0.5) is 8.78 Å². The predicted molar refractivity (Wildman–Crippen MR) is 36.5 cm³/mol. The number of alkyl halides is 2. The van der Waals surface area contributed by atoms with Gasteiger partial charge in [0.05, 0.1) is 0 Å². The van der Waals surface area contributed by atoms with Crippen LogP contribution in [0.1, 0.15) is 12.1 Å². The van der Waals surface area contributed by atoms with Crippen LogP contribution < -0.4 is 4.43 Å². The molecule has 0 aromatic carbocycles. The first-order valence-electron chi connectivity index (χ1n) is 3.09. The van der Waals surface area contributed by atoms with Crippen LogP contribution >= 0.6 is 0 Å². The standard InChI is InChI=1S/C5H5F2N2.CH2O2.Cr/c1-9-3-2-4(8-9)5(6)7;2-1-3;/h3,5H,1H3;1H,(H,2,3);. The largest absolute Gasteiger partial charge is 0.483 e. The Kier molecular flexibility index (Phi) is 5.27. The van der Waals surface area contributed by atoms with E-state index >= 15 is 0 Å². The van der Waals surface area contributed by atoms with E-state index in [4.69, 9.17) is 9.90 Å². The Bertz CT molecular complexity index is 278. The van der Waals surface area contributed by atoms with Crippen molar-refractivity contribution in [3.8, 4) is 0 Å². The summed E-state index contributed by atoms with van der Waals surface area (Å²) in [5.41, 5.74) is -0.178. The van der Waals surface area contributed by atoms with Gasteiger partial charge in [-0.15, -0.1) is 0 Å². The first-order chi connectivity index (χ1) is 6.02. The molecule has 0 saturated carbocycles. The molecule has 0 amide bonds. The molecule has 13 heavy (non-hydrogen) atoms. The maximum absolute atomic E-state index is 11.9. The van der Waals surface area contributed by atoms with E-state index in [1.165, 1.54) is 10.9 Å². The number of hydrogen-bond acceptors (Lipinski definition) is 2. The molecule has 0 fully saturated rings. The average molecular weight is 229 g/mol. The summed E-state index contributed by atoms with van der Waals surface area (Å²) in [6, 6.07) is 0.